The highest BCUT2D eigenvalue weighted by atomic mass is 16.5. The maximum atomic E-state index is 13.8. The van der Waals surface area contributed by atoms with Crippen molar-refractivity contribution >= 4 is 23.2 Å². The molecule has 2 aromatic carbocycles. The standard InChI is InChI=1S/C24H28N4O3/c1-2-27-21-11-6-4-9-19(21)24(23(27)30)25-20-10-5-3-8-18(20)22(29)28(24)13-7-12-26-14-16-31-17-15-26/h3-6,8-11,25H,2,7,12-17H2,1H3/t24-/m0/s1. The van der Waals surface area contributed by atoms with Crippen LogP contribution >= 0.6 is 0 Å². The Morgan fingerprint density at radius 3 is 2.55 bits per heavy atom. The van der Waals surface area contributed by atoms with Gasteiger partial charge < -0.3 is 19.9 Å². The van der Waals surface area contributed by atoms with Gasteiger partial charge in [-0.3, -0.25) is 14.5 Å². The number of benzene rings is 2. The van der Waals surface area contributed by atoms with Crippen LogP contribution in [-0.4, -0.2) is 67.6 Å². The van der Waals surface area contributed by atoms with E-state index < -0.39 is 5.66 Å². The van der Waals surface area contributed by atoms with E-state index in [2.05, 4.69) is 10.2 Å². The Morgan fingerprint density at radius 1 is 1.00 bits per heavy atom. The van der Waals surface area contributed by atoms with E-state index in [-0.39, 0.29) is 11.8 Å². The van der Waals surface area contributed by atoms with Crippen LogP contribution < -0.4 is 10.2 Å². The first-order chi connectivity index (χ1) is 15.2. The molecule has 1 saturated heterocycles. The van der Waals surface area contributed by atoms with Gasteiger partial charge in [0.1, 0.15) is 0 Å². The van der Waals surface area contributed by atoms with E-state index in [9.17, 15) is 9.59 Å². The van der Waals surface area contributed by atoms with Gasteiger partial charge in [-0.2, -0.15) is 0 Å². The molecule has 3 heterocycles. The molecule has 0 saturated carbocycles. The molecule has 31 heavy (non-hydrogen) atoms. The molecule has 0 radical (unpaired) electrons. The molecule has 7 heteroatoms. The van der Waals surface area contributed by atoms with Gasteiger partial charge in [0.05, 0.1) is 24.5 Å². The SMILES string of the molecule is CCN1C(=O)[C@]2(Nc3ccccc3C(=O)N2CCCN2CCOCC2)c2ccccc21. The van der Waals surface area contributed by atoms with Crippen LogP contribution in [0.4, 0.5) is 11.4 Å². The van der Waals surface area contributed by atoms with Gasteiger partial charge in [0, 0.05) is 44.0 Å². The van der Waals surface area contributed by atoms with Gasteiger partial charge in [-0.25, -0.2) is 0 Å². The lowest BCUT2D eigenvalue weighted by atomic mass is 9.92. The molecule has 7 nitrogen and oxygen atoms in total. The summed E-state index contributed by atoms with van der Waals surface area (Å²) in [6.45, 7) is 7.20. The van der Waals surface area contributed by atoms with Crippen molar-refractivity contribution in [3.05, 3.63) is 59.7 Å². The Kier molecular flexibility index (Phi) is 5.16. The van der Waals surface area contributed by atoms with Crippen molar-refractivity contribution in [2.24, 2.45) is 0 Å². The minimum atomic E-state index is -1.21. The van der Waals surface area contributed by atoms with Crippen LogP contribution in [0, 0.1) is 0 Å². The second-order valence-electron chi connectivity index (χ2n) is 8.21. The number of para-hydroxylation sites is 2. The summed E-state index contributed by atoms with van der Waals surface area (Å²) in [5.41, 5.74) is 1.82. The molecule has 0 aliphatic carbocycles. The summed E-state index contributed by atoms with van der Waals surface area (Å²) < 4.78 is 5.44. The average molecular weight is 421 g/mol. The van der Waals surface area contributed by atoms with Crippen LogP contribution in [0.25, 0.3) is 0 Å². The monoisotopic (exact) mass is 420 g/mol. The van der Waals surface area contributed by atoms with Gasteiger partial charge in [-0.15, -0.1) is 0 Å². The molecular formula is C24H28N4O3. The maximum absolute atomic E-state index is 13.8. The second-order valence-corrected chi connectivity index (χ2v) is 8.21. The van der Waals surface area contributed by atoms with Crippen LogP contribution in [-0.2, 0) is 15.2 Å². The number of carbonyl (C=O) groups is 2. The summed E-state index contributed by atoms with van der Waals surface area (Å²) in [6, 6.07) is 15.3. The Labute approximate surface area is 182 Å². The number of morpholine rings is 1. The highest BCUT2D eigenvalue weighted by Crippen LogP contribution is 2.47. The van der Waals surface area contributed by atoms with E-state index in [0.29, 0.717) is 24.3 Å². The third-order valence-electron chi connectivity index (χ3n) is 6.54. The number of fused-ring (bicyclic) bond motifs is 3. The van der Waals surface area contributed by atoms with Gasteiger partial charge in [0.25, 0.3) is 11.8 Å². The number of rotatable bonds is 5. The predicted octanol–water partition coefficient (Wildman–Crippen LogP) is 2.50. The number of anilines is 2. The number of hydrogen-bond acceptors (Lipinski definition) is 5. The fraction of sp³-hybridized carbons (Fsp3) is 0.417. The smallest absolute Gasteiger partial charge is 0.278 e. The van der Waals surface area contributed by atoms with E-state index >= 15 is 0 Å². The number of carbonyl (C=O) groups excluding carboxylic acids is 2. The van der Waals surface area contributed by atoms with Gasteiger partial charge >= 0.3 is 0 Å². The Bertz CT molecular complexity index is 1000. The largest absolute Gasteiger partial charge is 0.379 e. The van der Waals surface area contributed by atoms with Crippen LogP contribution in [0.15, 0.2) is 48.5 Å². The zero-order valence-corrected chi connectivity index (χ0v) is 17.8. The van der Waals surface area contributed by atoms with Gasteiger partial charge in [0.15, 0.2) is 0 Å². The molecule has 1 spiro atoms. The highest BCUT2D eigenvalue weighted by Gasteiger charge is 2.58. The highest BCUT2D eigenvalue weighted by molar-refractivity contribution is 6.15. The molecule has 162 valence electrons. The maximum Gasteiger partial charge on any atom is 0.278 e. The van der Waals surface area contributed by atoms with Crippen molar-refractivity contribution in [2.75, 3.05) is 56.2 Å². The van der Waals surface area contributed by atoms with E-state index in [1.807, 2.05) is 55.5 Å². The van der Waals surface area contributed by atoms with Crippen molar-refractivity contribution in [3.63, 3.8) is 0 Å². The lowest BCUT2D eigenvalue weighted by molar-refractivity contribution is -0.127. The average Bonchev–Trinajstić information content (AvgIpc) is 3.04. The number of nitrogens with one attached hydrogen (secondary N) is 1. The predicted molar refractivity (Wildman–Crippen MR) is 119 cm³/mol. The van der Waals surface area contributed by atoms with Gasteiger partial charge in [-0.05, 0) is 31.5 Å². The molecule has 1 N–H and O–H groups in total. The zero-order valence-electron chi connectivity index (χ0n) is 17.8. The minimum Gasteiger partial charge on any atom is -0.379 e. The number of likely N-dealkylation sites (N-methyl/N-ethyl adjacent to an activating group) is 1. The molecule has 0 aromatic heterocycles. The van der Waals surface area contributed by atoms with Gasteiger partial charge in [0.2, 0.25) is 5.66 Å². The summed E-state index contributed by atoms with van der Waals surface area (Å²) in [5.74, 6) is -0.192. The lowest BCUT2D eigenvalue weighted by Gasteiger charge is -2.45. The lowest BCUT2D eigenvalue weighted by Crippen LogP contribution is -2.62. The molecule has 2 aromatic rings. The van der Waals surface area contributed by atoms with E-state index in [1.165, 1.54) is 0 Å². The quantitative estimate of drug-likeness (QED) is 0.805. The summed E-state index contributed by atoms with van der Waals surface area (Å²) in [5, 5.41) is 3.49. The van der Waals surface area contributed by atoms with Crippen molar-refractivity contribution < 1.29 is 14.3 Å². The molecule has 0 bridgehead atoms. The van der Waals surface area contributed by atoms with Crippen molar-refractivity contribution in [2.45, 2.75) is 19.0 Å². The van der Waals surface area contributed by atoms with Crippen LogP contribution in [0.3, 0.4) is 0 Å². The molecule has 3 aliphatic heterocycles. The molecule has 0 unspecified atom stereocenters. The topological polar surface area (TPSA) is 65.1 Å². The number of amides is 2. The number of ether oxygens (including phenoxy) is 1. The summed E-state index contributed by atoms with van der Waals surface area (Å²) in [7, 11) is 0. The molecular weight excluding hydrogens is 392 g/mol. The molecule has 1 fully saturated rings. The fourth-order valence-corrected chi connectivity index (χ4v) is 5.02. The van der Waals surface area contributed by atoms with Gasteiger partial charge in [-0.1, -0.05) is 30.3 Å². The first kappa shape index (κ1) is 20.0. The number of hydrogen-bond donors (Lipinski definition) is 1. The fourth-order valence-electron chi connectivity index (χ4n) is 5.02. The third kappa shape index (κ3) is 3.11. The van der Waals surface area contributed by atoms with Crippen molar-refractivity contribution in [3.8, 4) is 0 Å². The van der Waals surface area contributed by atoms with Crippen LogP contribution in [0.1, 0.15) is 29.3 Å². The normalized spacial score (nSPS) is 23.1. The van der Waals surface area contributed by atoms with E-state index in [4.69, 9.17) is 4.74 Å². The molecule has 1 atom stereocenters. The van der Waals surface area contributed by atoms with Crippen molar-refractivity contribution in [1.82, 2.24) is 9.80 Å². The van der Waals surface area contributed by atoms with Crippen molar-refractivity contribution in [1.29, 1.82) is 0 Å². The van der Waals surface area contributed by atoms with Crippen LogP contribution in [0.5, 0.6) is 0 Å². The van der Waals surface area contributed by atoms with E-state index in [1.54, 1.807) is 9.80 Å². The third-order valence-corrected chi connectivity index (χ3v) is 6.54. The Morgan fingerprint density at radius 2 is 1.74 bits per heavy atom. The Balaban J connectivity index is 1.53. The zero-order chi connectivity index (χ0) is 21.4. The second kappa shape index (κ2) is 7.98. The number of nitrogens with zero attached hydrogens (tertiary/aromatic N) is 3. The van der Waals surface area contributed by atoms with Crippen LogP contribution in [0.2, 0.25) is 0 Å². The summed E-state index contributed by atoms with van der Waals surface area (Å²) in [4.78, 5) is 33.4. The first-order valence-corrected chi connectivity index (χ1v) is 11.1. The Hall–Kier alpha value is -2.90. The molecule has 2 amide bonds. The molecule has 3 aliphatic rings. The summed E-state index contributed by atoms with van der Waals surface area (Å²) in [6.07, 6.45) is 0.791. The summed E-state index contributed by atoms with van der Waals surface area (Å²) >= 11 is 0. The van der Waals surface area contributed by atoms with E-state index in [0.717, 1.165) is 50.5 Å². The first-order valence-electron chi connectivity index (χ1n) is 11.1. The molecule has 5 rings (SSSR count). The minimum absolute atomic E-state index is 0.0922.